The van der Waals surface area contributed by atoms with Crippen LogP contribution < -0.4 is 11.1 Å². The topological polar surface area (TPSA) is 95.7 Å². The Bertz CT molecular complexity index is 768. The number of hydrogen-bond acceptors (Lipinski definition) is 5. The lowest BCUT2D eigenvalue weighted by Crippen LogP contribution is -2.52. The van der Waals surface area contributed by atoms with Crippen molar-refractivity contribution in [1.82, 2.24) is 15.1 Å². The molecule has 1 aromatic rings. The van der Waals surface area contributed by atoms with Gasteiger partial charge in [-0.25, -0.2) is 0 Å². The van der Waals surface area contributed by atoms with Crippen molar-refractivity contribution in [1.29, 1.82) is 0 Å². The fraction of sp³-hybridized carbons (Fsp3) is 0.526. The highest BCUT2D eigenvalue weighted by Crippen LogP contribution is 2.31. The summed E-state index contributed by atoms with van der Waals surface area (Å²) >= 11 is 0. The monoisotopic (exact) mass is 356 g/mol. The molecule has 3 heterocycles. The molecule has 0 aliphatic carbocycles. The molecular weight excluding hydrogens is 332 g/mol. The molecule has 3 atom stereocenters. The van der Waals surface area contributed by atoms with E-state index in [4.69, 9.17) is 5.73 Å². The summed E-state index contributed by atoms with van der Waals surface area (Å²) in [5.41, 5.74) is 8.77. The van der Waals surface area contributed by atoms with E-state index >= 15 is 0 Å². The Morgan fingerprint density at radius 1 is 1.23 bits per heavy atom. The van der Waals surface area contributed by atoms with E-state index in [0.29, 0.717) is 31.0 Å². The molecule has 3 aliphatic heterocycles. The molecule has 0 spiro atoms. The van der Waals surface area contributed by atoms with E-state index in [1.807, 2.05) is 18.2 Å². The lowest BCUT2D eigenvalue weighted by Gasteiger charge is -2.29. The van der Waals surface area contributed by atoms with Crippen LogP contribution in [-0.4, -0.2) is 52.7 Å². The summed E-state index contributed by atoms with van der Waals surface area (Å²) in [6.07, 6.45) is 0.658. The second-order valence-electron chi connectivity index (χ2n) is 7.69. The van der Waals surface area contributed by atoms with Gasteiger partial charge in [-0.2, -0.15) is 0 Å². The number of hydrogen-bond donors (Lipinski definition) is 2. The van der Waals surface area contributed by atoms with Gasteiger partial charge in [0.05, 0.1) is 0 Å². The number of nitrogens with two attached hydrogens (primary N) is 1. The Kier molecular flexibility index (Phi) is 4.28. The molecule has 3 amide bonds. The first-order chi connectivity index (χ1) is 12.4. The smallest absolute Gasteiger partial charge is 0.255 e. The minimum atomic E-state index is -0.569. The summed E-state index contributed by atoms with van der Waals surface area (Å²) in [6, 6.07) is 5.50. The maximum absolute atomic E-state index is 13.1. The van der Waals surface area contributed by atoms with Crippen LogP contribution in [0.2, 0.25) is 0 Å². The molecule has 7 heteroatoms. The highest BCUT2D eigenvalue weighted by molar-refractivity contribution is 6.05. The number of amides is 3. The van der Waals surface area contributed by atoms with Crippen LogP contribution in [0, 0.1) is 5.92 Å². The van der Waals surface area contributed by atoms with Gasteiger partial charge in [0.2, 0.25) is 11.8 Å². The largest absolute Gasteiger partial charge is 0.326 e. The molecule has 0 bridgehead atoms. The first-order valence-electron chi connectivity index (χ1n) is 9.17. The number of fused-ring (bicyclic) bond motifs is 1. The van der Waals surface area contributed by atoms with Crippen LogP contribution >= 0.6 is 0 Å². The number of nitrogens with one attached hydrogen (secondary N) is 1. The maximum Gasteiger partial charge on any atom is 0.255 e. The summed E-state index contributed by atoms with van der Waals surface area (Å²) in [5.74, 6) is -0.303. The lowest BCUT2D eigenvalue weighted by atomic mass is 10.0. The normalized spacial score (nSPS) is 29.2. The van der Waals surface area contributed by atoms with Crippen LogP contribution in [0.15, 0.2) is 18.2 Å². The zero-order valence-corrected chi connectivity index (χ0v) is 14.9. The maximum atomic E-state index is 13.1. The number of benzene rings is 1. The Morgan fingerprint density at radius 2 is 2.04 bits per heavy atom. The number of nitrogens with zero attached hydrogens (tertiary/aromatic N) is 2. The lowest BCUT2D eigenvalue weighted by molar-refractivity contribution is -0.136. The van der Waals surface area contributed by atoms with Gasteiger partial charge in [0.1, 0.15) is 6.04 Å². The van der Waals surface area contributed by atoms with Crippen molar-refractivity contribution in [2.45, 2.75) is 44.9 Å². The Balaban J connectivity index is 1.55. The number of rotatable bonds is 3. The predicted molar refractivity (Wildman–Crippen MR) is 94.9 cm³/mol. The summed E-state index contributed by atoms with van der Waals surface area (Å²) in [7, 11) is 0. The van der Waals surface area contributed by atoms with Crippen molar-refractivity contribution in [3.63, 3.8) is 0 Å². The first kappa shape index (κ1) is 17.2. The van der Waals surface area contributed by atoms with Gasteiger partial charge >= 0.3 is 0 Å². The average Bonchev–Trinajstić information content (AvgIpc) is 3.08. The van der Waals surface area contributed by atoms with Crippen molar-refractivity contribution in [2.75, 3.05) is 13.1 Å². The average molecular weight is 356 g/mol. The molecule has 2 saturated heterocycles. The van der Waals surface area contributed by atoms with Gasteiger partial charge in [-0.15, -0.1) is 0 Å². The number of carbonyl (C=O) groups is 3. The quantitative estimate of drug-likeness (QED) is 0.756. The van der Waals surface area contributed by atoms with E-state index in [-0.39, 0.29) is 30.2 Å². The number of imide groups is 1. The van der Waals surface area contributed by atoms with Gasteiger partial charge < -0.3 is 10.6 Å². The minimum absolute atomic E-state index is 0.110. The standard InChI is InChI=1S/C19H24N4O3/c1-11-7-22(10-14(11)20)8-12-3-2-4-13-9-23(19(26)17(12)13)15-5-6-16(24)21-18(15)25/h2-4,11,14-15H,5-10,20H2,1H3,(H,21,24,25)/t11-,14-,15?/m1/s1. The fourth-order valence-corrected chi connectivity index (χ4v) is 4.29. The Hall–Kier alpha value is -2.25. The summed E-state index contributed by atoms with van der Waals surface area (Å²) < 4.78 is 0. The molecule has 138 valence electrons. The number of carbonyl (C=O) groups excluding carboxylic acids is 3. The van der Waals surface area contributed by atoms with E-state index in [1.165, 1.54) is 0 Å². The van der Waals surface area contributed by atoms with Crippen LogP contribution in [0.3, 0.4) is 0 Å². The van der Waals surface area contributed by atoms with Crippen molar-refractivity contribution in [2.24, 2.45) is 11.7 Å². The van der Waals surface area contributed by atoms with Gasteiger partial charge in [-0.3, -0.25) is 24.6 Å². The summed E-state index contributed by atoms with van der Waals surface area (Å²) in [4.78, 5) is 40.5. The molecule has 0 saturated carbocycles. The fourth-order valence-electron chi connectivity index (χ4n) is 4.29. The second-order valence-corrected chi connectivity index (χ2v) is 7.69. The molecule has 0 radical (unpaired) electrons. The van der Waals surface area contributed by atoms with Crippen LogP contribution in [0.5, 0.6) is 0 Å². The van der Waals surface area contributed by atoms with Gasteiger partial charge in [-0.1, -0.05) is 25.1 Å². The van der Waals surface area contributed by atoms with Gasteiger partial charge in [0.15, 0.2) is 0 Å². The molecular formula is C19H24N4O3. The van der Waals surface area contributed by atoms with E-state index in [1.54, 1.807) is 4.90 Å². The van der Waals surface area contributed by atoms with Gasteiger partial charge in [-0.05, 0) is 23.5 Å². The number of likely N-dealkylation sites (tertiary alicyclic amines) is 1. The van der Waals surface area contributed by atoms with Crippen LogP contribution in [0.1, 0.15) is 41.3 Å². The van der Waals surface area contributed by atoms with Gasteiger partial charge in [0.25, 0.3) is 5.91 Å². The zero-order chi connectivity index (χ0) is 18.4. The molecule has 3 N–H and O–H groups in total. The van der Waals surface area contributed by atoms with Crippen LogP contribution in [-0.2, 0) is 22.7 Å². The van der Waals surface area contributed by atoms with Crippen molar-refractivity contribution in [3.05, 3.63) is 34.9 Å². The summed E-state index contributed by atoms with van der Waals surface area (Å²) in [6.45, 7) is 5.02. The second kappa shape index (κ2) is 6.48. The molecule has 1 aromatic carbocycles. The highest BCUT2D eigenvalue weighted by Gasteiger charge is 2.40. The first-order valence-corrected chi connectivity index (χ1v) is 9.17. The van der Waals surface area contributed by atoms with Crippen LogP contribution in [0.4, 0.5) is 0 Å². The predicted octanol–water partition coefficient (Wildman–Crippen LogP) is 0.227. The third kappa shape index (κ3) is 2.91. The zero-order valence-electron chi connectivity index (χ0n) is 14.9. The molecule has 2 fully saturated rings. The van der Waals surface area contributed by atoms with E-state index in [9.17, 15) is 14.4 Å². The number of piperidine rings is 1. The van der Waals surface area contributed by atoms with E-state index in [2.05, 4.69) is 17.1 Å². The Morgan fingerprint density at radius 3 is 2.73 bits per heavy atom. The molecule has 7 nitrogen and oxygen atoms in total. The van der Waals surface area contributed by atoms with E-state index in [0.717, 1.165) is 24.2 Å². The molecule has 0 aromatic heterocycles. The molecule has 26 heavy (non-hydrogen) atoms. The van der Waals surface area contributed by atoms with Gasteiger partial charge in [0, 0.05) is 44.2 Å². The third-order valence-corrected chi connectivity index (χ3v) is 5.78. The minimum Gasteiger partial charge on any atom is -0.326 e. The molecule has 1 unspecified atom stereocenters. The molecule has 3 aliphatic rings. The van der Waals surface area contributed by atoms with Crippen LogP contribution in [0.25, 0.3) is 0 Å². The van der Waals surface area contributed by atoms with Crippen molar-refractivity contribution >= 4 is 17.7 Å². The Labute approximate surface area is 152 Å². The van der Waals surface area contributed by atoms with Crippen molar-refractivity contribution in [3.8, 4) is 0 Å². The summed E-state index contributed by atoms with van der Waals surface area (Å²) in [5, 5.41) is 2.34. The highest BCUT2D eigenvalue weighted by atomic mass is 16.2. The third-order valence-electron chi connectivity index (χ3n) is 5.78. The van der Waals surface area contributed by atoms with Crippen molar-refractivity contribution < 1.29 is 14.4 Å². The SMILES string of the molecule is C[C@@H]1CN(Cc2cccc3c2C(=O)N(C2CCC(=O)NC2=O)C3)C[C@H]1N. The van der Waals surface area contributed by atoms with E-state index < -0.39 is 6.04 Å². The molecule has 4 rings (SSSR count).